The molecular formula is C17H19FO3. The Balaban J connectivity index is 2.07. The zero-order chi connectivity index (χ0) is 15.2. The summed E-state index contributed by atoms with van der Waals surface area (Å²) in [6.45, 7) is 2.25. The molecule has 4 heteroatoms. The molecule has 0 aliphatic carbocycles. The van der Waals surface area contributed by atoms with Crippen LogP contribution in [0.25, 0.3) is 0 Å². The monoisotopic (exact) mass is 290 g/mol. The number of ether oxygens (including phenoxy) is 2. The summed E-state index contributed by atoms with van der Waals surface area (Å²) in [7, 11) is 1.66. The van der Waals surface area contributed by atoms with Gasteiger partial charge in [0.15, 0.2) is 11.6 Å². The summed E-state index contributed by atoms with van der Waals surface area (Å²) in [5.74, 6) is 0.223. The van der Waals surface area contributed by atoms with Crippen molar-refractivity contribution in [2.75, 3.05) is 13.7 Å². The SMILES string of the molecule is COCCc1ccc(Oc2ccc(C(C)O)cc2F)cc1. The Hall–Kier alpha value is -1.91. The Bertz CT molecular complexity index is 579. The second kappa shape index (κ2) is 7.20. The zero-order valence-corrected chi connectivity index (χ0v) is 12.2. The molecule has 2 aromatic rings. The van der Waals surface area contributed by atoms with Crippen molar-refractivity contribution in [1.29, 1.82) is 0 Å². The van der Waals surface area contributed by atoms with Gasteiger partial charge in [-0.05, 0) is 48.7 Å². The molecule has 0 aliphatic heterocycles. The molecule has 0 fully saturated rings. The van der Waals surface area contributed by atoms with Crippen molar-refractivity contribution in [3.05, 3.63) is 59.4 Å². The van der Waals surface area contributed by atoms with Crippen molar-refractivity contribution in [2.45, 2.75) is 19.4 Å². The summed E-state index contributed by atoms with van der Waals surface area (Å²) in [6, 6.07) is 11.9. The number of methoxy groups -OCH3 is 1. The second-order valence-corrected chi connectivity index (χ2v) is 4.85. The van der Waals surface area contributed by atoms with Gasteiger partial charge in [0.2, 0.25) is 0 Å². The van der Waals surface area contributed by atoms with Crippen LogP contribution < -0.4 is 4.74 Å². The Morgan fingerprint density at radius 1 is 1.14 bits per heavy atom. The van der Waals surface area contributed by atoms with Gasteiger partial charge in [0, 0.05) is 7.11 Å². The van der Waals surface area contributed by atoms with E-state index in [9.17, 15) is 9.50 Å². The minimum atomic E-state index is -0.700. The highest BCUT2D eigenvalue weighted by Crippen LogP contribution is 2.27. The number of benzene rings is 2. The highest BCUT2D eigenvalue weighted by Gasteiger charge is 2.09. The highest BCUT2D eigenvalue weighted by molar-refractivity contribution is 5.36. The van der Waals surface area contributed by atoms with Gasteiger partial charge in [0.1, 0.15) is 5.75 Å². The van der Waals surface area contributed by atoms with Crippen LogP contribution in [0.5, 0.6) is 11.5 Å². The summed E-state index contributed by atoms with van der Waals surface area (Å²) >= 11 is 0. The topological polar surface area (TPSA) is 38.7 Å². The van der Waals surface area contributed by atoms with E-state index < -0.39 is 11.9 Å². The van der Waals surface area contributed by atoms with Crippen molar-refractivity contribution in [1.82, 2.24) is 0 Å². The van der Waals surface area contributed by atoms with Gasteiger partial charge in [-0.25, -0.2) is 4.39 Å². The number of aliphatic hydroxyl groups is 1. The maximum atomic E-state index is 13.9. The Labute approximate surface area is 124 Å². The van der Waals surface area contributed by atoms with Gasteiger partial charge in [-0.1, -0.05) is 18.2 Å². The van der Waals surface area contributed by atoms with Crippen molar-refractivity contribution in [2.24, 2.45) is 0 Å². The third kappa shape index (κ3) is 4.28. The smallest absolute Gasteiger partial charge is 0.166 e. The highest BCUT2D eigenvalue weighted by atomic mass is 19.1. The summed E-state index contributed by atoms with van der Waals surface area (Å²) in [5, 5.41) is 9.41. The molecule has 0 spiro atoms. The summed E-state index contributed by atoms with van der Waals surface area (Å²) < 4.78 is 24.4. The van der Waals surface area contributed by atoms with Crippen LogP contribution in [0.3, 0.4) is 0 Å². The van der Waals surface area contributed by atoms with Crippen LogP contribution in [0, 0.1) is 5.82 Å². The molecule has 3 nitrogen and oxygen atoms in total. The van der Waals surface area contributed by atoms with Gasteiger partial charge in [-0.15, -0.1) is 0 Å². The summed E-state index contributed by atoms with van der Waals surface area (Å²) in [4.78, 5) is 0. The number of aliphatic hydroxyl groups excluding tert-OH is 1. The molecule has 2 rings (SSSR count). The third-order valence-electron chi connectivity index (χ3n) is 3.18. The van der Waals surface area contributed by atoms with E-state index in [0.29, 0.717) is 17.9 Å². The lowest BCUT2D eigenvalue weighted by Gasteiger charge is -2.10. The van der Waals surface area contributed by atoms with E-state index in [1.165, 1.54) is 12.1 Å². The number of hydrogen-bond donors (Lipinski definition) is 1. The maximum absolute atomic E-state index is 13.9. The van der Waals surface area contributed by atoms with Gasteiger partial charge in [0.05, 0.1) is 12.7 Å². The molecule has 21 heavy (non-hydrogen) atoms. The fourth-order valence-corrected chi connectivity index (χ4v) is 1.93. The van der Waals surface area contributed by atoms with E-state index in [2.05, 4.69) is 0 Å². The van der Waals surface area contributed by atoms with Gasteiger partial charge in [-0.2, -0.15) is 0 Å². The molecule has 112 valence electrons. The van der Waals surface area contributed by atoms with Crippen LogP contribution in [0.15, 0.2) is 42.5 Å². The average Bonchev–Trinajstić information content (AvgIpc) is 2.48. The van der Waals surface area contributed by atoms with Crippen LogP contribution in [0.4, 0.5) is 4.39 Å². The van der Waals surface area contributed by atoms with Crippen molar-refractivity contribution < 1.29 is 19.0 Å². The van der Waals surface area contributed by atoms with Crippen molar-refractivity contribution in [3.63, 3.8) is 0 Å². The molecule has 1 unspecified atom stereocenters. The van der Waals surface area contributed by atoms with Gasteiger partial charge >= 0.3 is 0 Å². The van der Waals surface area contributed by atoms with E-state index in [1.54, 1.807) is 32.2 Å². The van der Waals surface area contributed by atoms with Crippen LogP contribution in [0.1, 0.15) is 24.2 Å². The number of rotatable bonds is 6. The van der Waals surface area contributed by atoms with E-state index in [1.807, 2.05) is 12.1 Å². The normalized spacial score (nSPS) is 12.2. The minimum Gasteiger partial charge on any atom is -0.454 e. The van der Waals surface area contributed by atoms with Gasteiger partial charge in [0.25, 0.3) is 0 Å². The van der Waals surface area contributed by atoms with Crippen molar-refractivity contribution >= 4 is 0 Å². The first-order chi connectivity index (χ1) is 10.1. The first-order valence-corrected chi connectivity index (χ1v) is 6.83. The molecule has 0 aliphatic rings. The lowest BCUT2D eigenvalue weighted by atomic mass is 10.1. The third-order valence-corrected chi connectivity index (χ3v) is 3.18. The Morgan fingerprint density at radius 2 is 1.86 bits per heavy atom. The standard InChI is InChI=1S/C17H19FO3/c1-12(19)14-5-8-17(16(18)11-14)21-15-6-3-13(4-7-15)9-10-20-2/h3-8,11-12,19H,9-10H2,1-2H3. The lowest BCUT2D eigenvalue weighted by Crippen LogP contribution is -1.96. The molecule has 0 radical (unpaired) electrons. The van der Waals surface area contributed by atoms with Crippen LogP contribution >= 0.6 is 0 Å². The largest absolute Gasteiger partial charge is 0.454 e. The first-order valence-electron chi connectivity index (χ1n) is 6.83. The second-order valence-electron chi connectivity index (χ2n) is 4.85. The molecule has 0 saturated carbocycles. The molecule has 0 amide bonds. The van der Waals surface area contributed by atoms with Crippen LogP contribution in [0.2, 0.25) is 0 Å². The average molecular weight is 290 g/mol. The zero-order valence-electron chi connectivity index (χ0n) is 12.2. The quantitative estimate of drug-likeness (QED) is 0.878. The summed E-state index contributed by atoms with van der Waals surface area (Å²) in [5.41, 5.74) is 1.66. The van der Waals surface area contributed by atoms with E-state index >= 15 is 0 Å². The fraction of sp³-hybridized carbons (Fsp3) is 0.294. The van der Waals surface area contributed by atoms with E-state index in [4.69, 9.17) is 9.47 Å². The Morgan fingerprint density at radius 3 is 2.43 bits per heavy atom. The summed E-state index contributed by atoms with van der Waals surface area (Å²) in [6.07, 6.45) is 0.127. The van der Waals surface area contributed by atoms with E-state index in [0.717, 1.165) is 12.0 Å². The number of halogens is 1. The van der Waals surface area contributed by atoms with Gasteiger partial charge < -0.3 is 14.6 Å². The predicted octanol–water partition coefficient (Wildman–Crippen LogP) is 3.86. The number of hydrogen-bond acceptors (Lipinski definition) is 3. The van der Waals surface area contributed by atoms with Crippen LogP contribution in [-0.4, -0.2) is 18.8 Å². The maximum Gasteiger partial charge on any atom is 0.166 e. The Kier molecular flexibility index (Phi) is 5.31. The minimum absolute atomic E-state index is 0.143. The molecule has 0 aromatic heterocycles. The predicted molar refractivity (Wildman–Crippen MR) is 79.1 cm³/mol. The van der Waals surface area contributed by atoms with Gasteiger partial charge in [-0.3, -0.25) is 0 Å². The van der Waals surface area contributed by atoms with E-state index in [-0.39, 0.29) is 5.75 Å². The molecule has 1 N–H and O–H groups in total. The first kappa shape index (κ1) is 15.5. The lowest BCUT2D eigenvalue weighted by molar-refractivity contribution is 0.198. The molecule has 0 saturated heterocycles. The molecule has 1 atom stereocenters. The fourth-order valence-electron chi connectivity index (χ4n) is 1.93. The molecule has 0 heterocycles. The van der Waals surface area contributed by atoms with Crippen LogP contribution in [-0.2, 0) is 11.2 Å². The molecular weight excluding hydrogens is 271 g/mol. The molecule has 0 bridgehead atoms. The van der Waals surface area contributed by atoms with Crippen molar-refractivity contribution in [3.8, 4) is 11.5 Å². The molecule has 2 aromatic carbocycles.